The number of fused-ring (bicyclic) bond motifs is 2. The van der Waals surface area contributed by atoms with Crippen LogP contribution in [0.15, 0.2) is 29.2 Å². The van der Waals surface area contributed by atoms with Gasteiger partial charge in [-0.3, -0.25) is 4.90 Å². The molecular formula is C14H19FN2O2S. The van der Waals surface area contributed by atoms with Gasteiger partial charge in [0.05, 0.1) is 4.90 Å². The van der Waals surface area contributed by atoms with E-state index >= 15 is 0 Å². The molecule has 0 aromatic heterocycles. The summed E-state index contributed by atoms with van der Waals surface area (Å²) in [5.74, 6) is -0.418. The molecule has 110 valence electrons. The molecule has 2 aliphatic rings. The molecule has 0 spiro atoms. The van der Waals surface area contributed by atoms with Crippen LogP contribution >= 0.6 is 0 Å². The second-order valence-electron chi connectivity index (χ2n) is 5.66. The highest BCUT2D eigenvalue weighted by molar-refractivity contribution is 7.89. The Kier molecular flexibility index (Phi) is 3.56. The minimum Gasteiger partial charge on any atom is -0.299 e. The molecule has 1 aromatic rings. The fraction of sp³-hybridized carbons (Fsp3) is 0.571. The molecule has 0 radical (unpaired) electrons. The Hall–Kier alpha value is -0.980. The van der Waals surface area contributed by atoms with Crippen LogP contribution in [0.5, 0.6) is 0 Å². The molecule has 2 unspecified atom stereocenters. The van der Waals surface area contributed by atoms with Gasteiger partial charge in [-0.05, 0) is 50.6 Å². The molecule has 2 fully saturated rings. The normalized spacial score (nSPS) is 28.5. The highest BCUT2D eigenvalue weighted by Crippen LogP contribution is 2.30. The standard InChI is InChI=1S/C14H19FN2O2S/c1-16-12-4-5-13(16)10-17(9-8-12)20(18,19)14-6-2-11(15)3-7-14/h2-3,6-7,12-13H,4-5,8-10H2,1H3. The van der Waals surface area contributed by atoms with Crippen LogP contribution in [0.4, 0.5) is 4.39 Å². The van der Waals surface area contributed by atoms with Crippen LogP contribution in [0.2, 0.25) is 0 Å². The van der Waals surface area contributed by atoms with E-state index in [0.717, 1.165) is 19.3 Å². The molecular weight excluding hydrogens is 279 g/mol. The highest BCUT2D eigenvalue weighted by Gasteiger charge is 2.38. The van der Waals surface area contributed by atoms with Gasteiger partial charge in [-0.1, -0.05) is 0 Å². The summed E-state index contributed by atoms with van der Waals surface area (Å²) in [6.07, 6.45) is 3.08. The molecule has 0 amide bonds. The van der Waals surface area contributed by atoms with Crippen LogP contribution in [0, 0.1) is 5.82 Å². The van der Waals surface area contributed by atoms with Crippen molar-refractivity contribution in [2.45, 2.75) is 36.2 Å². The zero-order valence-corrected chi connectivity index (χ0v) is 12.3. The van der Waals surface area contributed by atoms with E-state index in [9.17, 15) is 12.8 Å². The van der Waals surface area contributed by atoms with Crippen LogP contribution < -0.4 is 0 Å². The lowest BCUT2D eigenvalue weighted by molar-refractivity contribution is 0.246. The monoisotopic (exact) mass is 298 g/mol. The van der Waals surface area contributed by atoms with Crippen molar-refractivity contribution in [1.29, 1.82) is 0 Å². The molecule has 0 saturated carbocycles. The van der Waals surface area contributed by atoms with Crippen molar-refractivity contribution < 1.29 is 12.8 Å². The van der Waals surface area contributed by atoms with Gasteiger partial charge < -0.3 is 0 Å². The van der Waals surface area contributed by atoms with E-state index in [-0.39, 0.29) is 4.90 Å². The molecule has 2 aliphatic heterocycles. The Morgan fingerprint density at radius 3 is 2.45 bits per heavy atom. The van der Waals surface area contributed by atoms with Crippen molar-refractivity contribution in [3.8, 4) is 0 Å². The van der Waals surface area contributed by atoms with Gasteiger partial charge in [0.2, 0.25) is 10.0 Å². The van der Waals surface area contributed by atoms with Crippen LogP contribution in [0.3, 0.4) is 0 Å². The van der Waals surface area contributed by atoms with Crippen LogP contribution in [0.1, 0.15) is 19.3 Å². The summed E-state index contributed by atoms with van der Waals surface area (Å²) in [4.78, 5) is 2.49. The van der Waals surface area contributed by atoms with Gasteiger partial charge >= 0.3 is 0 Å². The molecule has 4 nitrogen and oxygen atoms in total. The molecule has 2 heterocycles. The summed E-state index contributed by atoms with van der Waals surface area (Å²) in [6.45, 7) is 1.08. The number of sulfonamides is 1. The first-order valence-corrected chi connectivity index (χ1v) is 8.40. The quantitative estimate of drug-likeness (QED) is 0.834. The molecule has 0 aliphatic carbocycles. The maximum absolute atomic E-state index is 12.9. The number of hydrogen-bond acceptors (Lipinski definition) is 3. The number of hydrogen-bond donors (Lipinski definition) is 0. The maximum atomic E-state index is 12.9. The van der Waals surface area contributed by atoms with E-state index in [1.807, 2.05) is 0 Å². The molecule has 3 rings (SSSR count). The number of nitrogens with zero attached hydrogens (tertiary/aromatic N) is 2. The lowest BCUT2D eigenvalue weighted by Crippen LogP contribution is -2.39. The third-order valence-corrected chi connectivity index (χ3v) is 6.44. The molecule has 2 atom stereocenters. The summed E-state index contributed by atoms with van der Waals surface area (Å²) in [5.41, 5.74) is 0. The second-order valence-corrected chi connectivity index (χ2v) is 7.59. The van der Waals surface area contributed by atoms with Crippen molar-refractivity contribution in [2.24, 2.45) is 0 Å². The van der Waals surface area contributed by atoms with Gasteiger partial charge in [0.15, 0.2) is 0 Å². The number of benzene rings is 1. The van der Waals surface area contributed by atoms with Gasteiger partial charge in [0, 0.05) is 25.2 Å². The molecule has 2 bridgehead atoms. The van der Waals surface area contributed by atoms with Crippen molar-refractivity contribution in [2.75, 3.05) is 20.1 Å². The fourth-order valence-corrected chi connectivity index (χ4v) is 4.74. The van der Waals surface area contributed by atoms with Crippen molar-refractivity contribution in [1.82, 2.24) is 9.21 Å². The van der Waals surface area contributed by atoms with Crippen molar-refractivity contribution in [3.63, 3.8) is 0 Å². The number of likely N-dealkylation sites (N-methyl/N-ethyl adjacent to an activating group) is 1. The summed E-state index contributed by atoms with van der Waals surface area (Å²) < 4.78 is 39.7. The number of halogens is 1. The third kappa shape index (κ3) is 2.36. The lowest BCUT2D eigenvalue weighted by atomic mass is 10.1. The second kappa shape index (κ2) is 5.09. The van der Waals surface area contributed by atoms with Crippen LogP contribution in [-0.4, -0.2) is 49.8 Å². The predicted octanol–water partition coefficient (Wildman–Crippen LogP) is 1.68. The lowest BCUT2D eigenvalue weighted by Gasteiger charge is -2.25. The molecule has 20 heavy (non-hydrogen) atoms. The highest BCUT2D eigenvalue weighted by atomic mass is 32.2. The SMILES string of the molecule is CN1C2CCC1CN(S(=O)(=O)c1ccc(F)cc1)CC2. The third-order valence-electron chi connectivity index (χ3n) is 4.56. The Labute approximate surface area is 119 Å². The largest absolute Gasteiger partial charge is 0.299 e. The Morgan fingerprint density at radius 2 is 1.75 bits per heavy atom. The molecule has 0 N–H and O–H groups in total. The van der Waals surface area contributed by atoms with Gasteiger partial charge in [0.1, 0.15) is 5.82 Å². The van der Waals surface area contributed by atoms with E-state index < -0.39 is 15.8 Å². The minimum absolute atomic E-state index is 0.180. The average Bonchev–Trinajstić information content (AvgIpc) is 2.63. The van der Waals surface area contributed by atoms with Gasteiger partial charge in [-0.2, -0.15) is 4.31 Å². The van der Waals surface area contributed by atoms with Gasteiger partial charge in [0.25, 0.3) is 0 Å². The molecule has 2 saturated heterocycles. The van der Waals surface area contributed by atoms with E-state index in [4.69, 9.17) is 0 Å². The fourth-order valence-electron chi connectivity index (χ4n) is 3.25. The van der Waals surface area contributed by atoms with E-state index in [1.54, 1.807) is 4.31 Å². The van der Waals surface area contributed by atoms with Crippen molar-refractivity contribution >= 4 is 10.0 Å². The van der Waals surface area contributed by atoms with Crippen LogP contribution in [0.25, 0.3) is 0 Å². The first kappa shape index (κ1) is 14.0. The smallest absolute Gasteiger partial charge is 0.243 e. The van der Waals surface area contributed by atoms with E-state index in [0.29, 0.717) is 25.2 Å². The van der Waals surface area contributed by atoms with Gasteiger partial charge in [-0.15, -0.1) is 0 Å². The maximum Gasteiger partial charge on any atom is 0.243 e. The predicted molar refractivity (Wildman–Crippen MR) is 74.3 cm³/mol. The Morgan fingerprint density at radius 1 is 1.10 bits per heavy atom. The Balaban J connectivity index is 1.86. The summed E-state index contributed by atoms with van der Waals surface area (Å²) in [6, 6.07) is 5.88. The first-order valence-electron chi connectivity index (χ1n) is 6.96. The molecule has 1 aromatic carbocycles. The van der Waals surface area contributed by atoms with Crippen molar-refractivity contribution in [3.05, 3.63) is 30.1 Å². The Bertz CT molecular complexity index is 588. The minimum atomic E-state index is -3.51. The first-order chi connectivity index (χ1) is 9.48. The van der Waals surface area contributed by atoms with Gasteiger partial charge in [-0.25, -0.2) is 12.8 Å². The molecule has 6 heteroatoms. The zero-order chi connectivity index (χ0) is 14.3. The topological polar surface area (TPSA) is 40.6 Å². The van der Waals surface area contributed by atoms with Crippen LogP contribution in [-0.2, 0) is 10.0 Å². The van der Waals surface area contributed by atoms with E-state index in [2.05, 4.69) is 11.9 Å². The summed E-state index contributed by atoms with van der Waals surface area (Å²) >= 11 is 0. The summed E-state index contributed by atoms with van der Waals surface area (Å²) in [7, 11) is -1.43. The number of rotatable bonds is 2. The van der Waals surface area contributed by atoms with E-state index in [1.165, 1.54) is 24.3 Å². The average molecular weight is 298 g/mol. The summed E-state index contributed by atoms with van der Waals surface area (Å²) in [5, 5.41) is 0. The zero-order valence-electron chi connectivity index (χ0n) is 11.5.